The third kappa shape index (κ3) is 4.37. The minimum Gasteiger partial charge on any atom is -0.297 e. The summed E-state index contributed by atoms with van der Waals surface area (Å²) in [6.45, 7) is 5.47. The Balaban J connectivity index is 1.36. The Morgan fingerprint density at radius 3 is 2.77 bits per heavy atom. The van der Waals surface area contributed by atoms with Crippen LogP contribution < -0.4 is 0 Å². The monoisotopic (exact) mass is 351 g/mol. The van der Waals surface area contributed by atoms with Gasteiger partial charge in [-0.05, 0) is 48.1 Å². The fraction of sp³-hybridized carbons (Fsp3) is 0.409. The second-order valence-electron chi connectivity index (χ2n) is 7.56. The van der Waals surface area contributed by atoms with Gasteiger partial charge in [-0.2, -0.15) is 0 Å². The predicted molar refractivity (Wildman–Crippen MR) is 103 cm³/mol. The van der Waals surface area contributed by atoms with Crippen LogP contribution in [0.1, 0.15) is 24.0 Å². The molecule has 2 atom stereocenters. The van der Waals surface area contributed by atoms with E-state index in [9.17, 15) is 4.39 Å². The van der Waals surface area contributed by atoms with E-state index in [0.29, 0.717) is 6.04 Å². The highest BCUT2D eigenvalue weighted by molar-refractivity contribution is 5.49. The molecule has 1 aromatic carbocycles. The highest BCUT2D eigenvalue weighted by Crippen LogP contribution is 2.28. The van der Waals surface area contributed by atoms with Gasteiger partial charge in [-0.25, -0.2) is 4.39 Å². The van der Waals surface area contributed by atoms with E-state index in [-0.39, 0.29) is 5.82 Å². The molecule has 3 nitrogen and oxygen atoms in total. The van der Waals surface area contributed by atoms with Gasteiger partial charge in [0.1, 0.15) is 5.82 Å². The number of hydrogen-bond donors (Lipinski definition) is 0. The van der Waals surface area contributed by atoms with E-state index in [1.807, 2.05) is 30.6 Å². The van der Waals surface area contributed by atoms with Crippen LogP contribution >= 0.6 is 0 Å². The minimum atomic E-state index is -0.180. The maximum atomic E-state index is 13.0. The van der Waals surface area contributed by atoms with Crippen molar-refractivity contribution in [1.82, 2.24) is 14.8 Å². The topological polar surface area (TPSA) is 19.4 Å². The Labute approximate surface area is 155 Å². The third-order valence-corrected chi connectivity index (χ3v) is 5.55. The number of pyridine rings is 1. The molecule has 136 valence electrons. The lowest BCUT2D eigenvalue weighted by Gasteiger charge is -2.35. The van der Waals surface area contributed by atoms with Crippen molar-refractivity contribution in [2.75, 3.05) is 26.2 Å². The molecule has 3 fully saturated rings. The smallest absolute Gasteiger partial charge is 0.123 e. The second-order valence-corrected chi connectivity index (χ2v) is 7.56. The molecule has 2 aromatic rings. The van der Waals surface area contributed by atoms with E-state index in [4.69, 9.17) is 0 Å². The molecule has 0 N–H and O–H groups in total. The normalized spacial score (nSPS) is 24.2. The average molecular weight is 351 g/mol. The summed E-state index contributed by atoms with van der Waals surface area (Å²) in [4.78, 5) is 9.47. The first kappa shape index (κ1) is 17.4. The third-order valence-electron chi connectivity index (χ3n) is 5.55. The molecule has 0 saturated carbocycles. The summed E-state index contributed by atoms with van der Waals surface area (Å²) < 4.78 is 13.0. The van der Waals surface area contributed by atoms with E-state index >= 15 is 0 Å². The van der Waals surface area contributed by atoms with Gasteiger partial charge in [-0.1, -0.05) is 30.4 Å². The second kappa shape index (κ2) is 8.11. The zero-order chi connectivity index (χ0) is 17.8. The molecule has 0 aliphatic carbocycles. The van der Waals surface area contributed by atoms with E-state index in [1.165, 1.54) is 43.6 Å². The van der Waals surface area contributed by atoms with Crippen LogP contribution in [-0.4, -0.2) is 47.0 Å². The van der Waals surface area contributed by atoms with Gasteiger partial charge >= 0.3 is 0 Å². The lowest BCUT2D eigenvalue weighted by Crippen LogP contribution is -2.43. The summed E-state index contributed by atoms with van der Waals surface area (Å²) in [6.07, 6.45) is 10.8. The number of halogens is 1. The molecule has 0 radical (unpaired) electrons. The number of hydrogen-bond acceptors (Lipinski definition) is 3. The largest absolute Gasteiger partial charge is 0.297 e. The molecule has 0 amide bonds. The van der Waals surface area contributed by atoms with Gasteiger partial charge < -0.3 is 0 Å². The average Bonchev–Trinajstić information content (AvgIpc) is 2.95. The summed E-state index contributed by atoms with van der Waals surface area (Å²) >= 11 is 0. The van der Waals surface area contributed by atoms with Gasteiger partial charge in [-0.15, -0.1) is 0 Å². The number of nitrogens with zero attached hydrogens (tertiary/aromatic N) is 3. The van der Waals surface area contributed by atoms with Gasteiger partial charge in [0.05, 0.1) is 0 Å². The summed E-state index contributed by atoms with van der Waals surface area (Å²) in [5.74, 6) is 0.574. The Hall–Kier alpha value is -2.04. The minimum absolute atomic E-state index is 0.180. The van der Waals surface area contributed by atoms with E-state index in [1.54, 1.807) is 0 Å². The van der Waals surface area contributed by atoms with Crippen molar-refractivity contribution in [1.29, 1.82) is 0 Å². The molecule has 5 rings (SSSR count). The zero-order valence-electron chi connectivity index (χ0n) is 15.1. The van der Waals surface area contributed by atoms with Crippen LogP contribution in [0.3, 0.4) is 0 Å². The molecular weight excluding hydrogens is 325 g/mol. The van der Waals surface area contributed by atoms with Crippen LogP contribution in [0.25, 0.3) is 6.08 Å². The lowest BCUT2D eigenvalue weighted by molar-refractivity contribution is 0.146. The van der Waals surface area contributed by atoms with Crippen molar-refractivity contribution in [3.8, 4) is 0 Å². The molecule has 26 heavy (non-hydrogen) atoms. The van der Waals surface area contributed by atoms with Crippen LogP contribution in [0.5, 0.6) is 0 Å². The highest BCUT2D eigenvalue weighted by atomic mass is 19.1. The number of fused-ring (bicyclic) bond motifs is 4. The molecule has 0 spiro atoms. The molecule has 3 saturated heterocycles. The first-order valence-corrected chi connectivity index (χ1v) is 9.54. The lowest BCUT2D eigenvalue weighted by atomic mass is 9.95. The number of piperidine rings is 1. The van der Waals surface area contributed by atoms with Crippen LogP contribution in [0, 0.1) is 11.7 Å². The molecule has 4 heterocycles. The maximum absolute atomic E-state index is 13.0. The van der Waals surface area contributed by atoms with E-state index in [0.717, 1.165) is 31.1 Å². The summed E-state index contributed by atoms with van der Waals surface area (Å²) in [5, 5.41) is 0. The number of rotatable bonds is 5. The summed E-state index contributed by atoms with van der Waals surface area (Å²) in [6, 6.07) is 11.5. The summed E-state index contributed by atoms with van der Waals surface area (Å²) in [7, 11) is 0. The van der Waals surface area contributed by atoms with Crippen molar-refractivity contribution >= 4 is 6.08 Å². The van der Waals surface area contributed by atoms with Gasteiger partial charge in [0.15, 0.2) is 0 Å². The van der Waals surface area contributed by atoms with E-state index < -0.39 is 0 Å². The van der Waals surface area contributed by atoms with Gasteiger partial charge in [0, 0.05) is 51.2 Å². The Bertz CT molecular complexity index is 729. The molecule has 1 aromatic heterocycles. The Morgan fingerprint density at radius 2 is 1.96 bits per heavy atom. The first-order valence-electron chi connectivity index (χ1n) is 9.54. The predicted octanol–water partition coefficient (Wildman–Crippen LogP) is 3.83. The van der Waals surface area contributed by atoms with Crippen LogP contribution in [0.4, 0.5) is 4.39 Å². The maximum Gasteiger partial charge on any atom is 0.123 e. The number of aromatic nitrogens is 1. The zero-order valence-corrected chi connectivity index (χ0v) is 15.1. The van der Waals surface area contributed by atoms with Crippen molar-refractivity contribution < 1.29 is 4.39 Å². The molecule has 3 aliphatic heterocycles. The SMILES string of the molecule is Fc1ccc(C=CCN2C[C@H]3CC[C@@H]2CN(Cc2cccnc2)C3)cc1. The fourth-order valence-electron chi connectivity index (χ4n) is 4.28. The Kier molecular flexibility index (Phi) is 5.42. The van der Waals surface area contributed by atoms with Gasteiger partial charge in [-0.3, -0.25) is 14.8 Å². The molecule has 3 aliphatic rings. The fourth-order valence-corrected chi connectivity index (χ4v) is 4.28. The highest BCUT2D eigenvalue weighted by Gasteiger charge is 2.33. The van der Waals surface area contributed by atoms with Gasteiger partial charge in [0.25, 0.3) is 0 Å². The standard InChI is InChI=1S/C22H26FN3/c23-21-8-5-18(6-9-21)4-2-12-26-16-20-7-10-22(26)17-25(15-20)14-19-3-1-11-24-13-19/h1-6,8-9,11,13,20,22H,7,10,12,14-17H2/t20-,22+/m0/s1. The van der Waals surface area contributed by atoms with Gasteiger partial charge in [0.2, 0.25) is 0 Å². The van der Waals surface area contributed by atoms with Crippen molar-refractivity contribution in [2.45, 2.75) is 25.4 Å². The molecule has 4 heteroatoms. The van der Waals surface area contributed by atoms with Crippen molar-refractivity contribution in [3.05, 3.63) is 71.8 Å². The molecular formula is C22H26FN3. The molecule has 0 unspecified atom stereocenters. The van der Waals surface area contributed by atoms with E-state index in [2.05, 4.69) is 33.0 Å². The summed E-state index contributed by atoms with van der Waals surface area (Å²) in [5.41, 5.74) is 2.36. The Morgan fingerprint density at radius 1 is 1.08 bits per heavy atom. The first-order chi connectivity index (χ1) is 12.8. The van der Waals surface area contributed by atoms with Crippen molar-refractivity contribution in [3.63, 3.8) is 0 Å². The molecule has 2 bridgehead atoms. The van der Waals surface area contributed by atoms with Crippen LogP contribution in [0.15, 0.2) is 54.9 Å². The van der Waals surface area contributed by atoms with Crippen LogP contribution in [0.2, 0.25) is 0 Å². The van der Waals surface area contributed by atoms with Crippen molar-refractivity contribution in [2.24, 2.45) is 5.92 Å². The van der Waals surface area contributed by atoms with Crippen LogP contribution in [-0.2, 0) is 6.54 Å². The number of benzene rings is 1. The quantitative estimate of drug-likeness (QED) is 0.816.